The second kappa shape index (κ2) is 7.07. The third-order valence-corrected chi connectivity index (χ3v) is 3.21. The van der Waals surface area contributed by atoms with E-state index in [-0.39, 0.29) is 12.5 Å². The molecule has 102 valence electrons. The zero-order valence-electron chi connectivity index (χ0n) is 10.9. The van der Waals surface area contributed by atoms with Crippen molar-refractivity contribution in [1.82, 2.24) is 4.90 Å². The van der Waals surface area contributed by atoms with Gasteiger partial charge in [0.25, 0.3) is 0 Å². The standard InChI is InChI=1S/C15H19NO3/c17-15(18)11-14-12-19-10-9-16(14)8-4-7-13-5-2-1-3-6-13/h1-7,14H,8-12H2,(H,17,18). The number of morpholine rings is 1. The van der Waals surface area contributed by atoms with Gasteiger partial charge in [-0.15, -0.1) is 0 Å². The van der Waals surface area contributed by atoms with Gasteiger partial charge in [-0.25, -0.2) is 0 Å². The molecule has 1 aliphatic rings. The molecule has 2 rings (SSSR count). The fourth-order valence-electron chi connectivity index (χ4n) is 2.21. The predicted octanol–water partition coefficient (Wildman–Crippen LogP) is 1.88. The van der Waals surface area contributed by atoms with E-state index in [1.807, 2.05) is 30.3 Å². The summed E-state index contributed by atoms with van der Waals surface area (Å²) in [5, 5.41) is 8.89. The summed E-state index contributed by atoms with van der Waals surface area (Å²) in [4.78, 5) is 13.0. The maximum absolute atomic E-state index is 10.8. The number of nitrogens with zero attached hydrogens (tertiary/aromatic N) is 1. The Morgan fingerprint density at radius 2 is 2.21 bits per heavy atom. The van der Waals surface area contributed by atoms with E-state index in [1.54, 1.807) is 0 Å². The van der Waals surface area contributed by atoms with Gasteiger partial charge < -0.3 is 9.84 Å². The zero-order chi connectivity index (χ0) is 13.5. The molecule has 0 aliphatic carbocycles. The van der Waals surface area contributed by atoms with Gasteiger partial charge in [0.2, 0.25) is 0 Å². The molecule has 1 unspecified atom stereocenters. The van der Waals surface area contributed by atoms with E-state index < -0.39 is 5.97 Å². The normalized spacial score (nSPS) is 20.7. The van der Waals surface area contributed by atoms with Crippen LogP contribution in [0.3, 0.4) is 0 Å². The van der Waals surface area contributed by atoms with Crippen molar-refractivity contribution in [2.45, 2.75) is 12.5 Å². The van der Waals surface area contributed by atoms with Gasteiger partial charge in [-0.05, 0) is 5.56 Å². The Morgan fingerprint density at radius 3 is 2.95 bits per heavy atom. The molecule has 1 aliphatic heterocycles. The fraction of sp³-hybridized carbons (Fsp3) is 0.400. The Balaban J connectivity index is 1.89. The van der Waals surface area contributed by atoms with Gasteiger partial charge in [0.15, 0.2) is 0 Å². The Kier molecular flexibility index (Phi) is 5.12. The van der Waals surface area contributed by atoms with E-state index in [2.05, 4.69) is 17.1 Å². The van der Waals surface area contributed by atoms with E-state index in [0.29, 0.717) is 13.2 Å². The average molecular weight is 261 g/mol. The molecule has 4 heteroatoms. The van der Waals surface area contributed by atoms with Crippen LogP contribution in [0.25, 0.3) is 6.08 Å². The highest BCUT2D eigenvalue weighted by Gasteiger charge is 2.24. The third kappa shape index (κ3) is 4.50. The number of carboxylic acids is 1. The first-order valence-electron chi connectivity index (χ1n) is 6.51. The van der Waals surface area contributed by atoms with Crippen LogP contribution in [0.4, 0.5) is 0 Å². The first-order chi connectivity index (χ1) is 9.25. The highest BCUT2D eigenvalue weighted by atomic mass is 16.5. The third-order valence-electron chi connectivity index (χ3n) is 3.21. The van der Waals surface area contributed by atoms with E-state index in [9.17, 15) is 4.79 Å². The van der Waals surface area contributed by atoms with Crippen LogP contribution in [-0.4, -0.2) is 48.3 Å². The largest absolute Gasteiger partial charge is 0.481 e. The molecule has 1 fully saturated rings. The zero-order valence-corrected chi connectivity index (χ0v) is 10.9. The van der Waals surface area contributed by atoms with Crippen molar-refractivity contribution in [2.75, 3.05) is 26.3 Å². The van der Waals surface area contributed by atoms with Gasteiger partial charge in [0, 0.05) is 19.1 Å². The second-order valence-corrected chi connectivity index (χ2v) is 4.63. The van der Waals surface area contributed by atoms with Crippen molar-refractivity contribution < 1.29 is 14.6 Å². The summed E-state index contributed by atoms with van der Waals surface area (Å²) in [5.41, 5.74) is 1.16. The molecule has 1 atom stereocenters. The van der Waals surface area contributed by atoms with Gasteiger partial charge >= 0.3 is 5.97 Å². The lowest BCUT2D eigenvalue weighted by atomic mass is 10.1. The van der Waals surface area contributed by atoms with Gasteiger partial charge in [0.05, 0.1) is 19.6 Å². The minimum absolute atomic E-state index is 0.0216. The van der Waals surface area contributed by atoms with Crippen LogP contribution >= 0.6 is 0 Å². The summed E-state index contributed by atoms with van der Waals surface area (Å²) in [5.74, 6) is -0.771. The van der Waals surface area contributed by atoms with Crippen LogP contribution in [0, 0.1) is 0 Å². The smallest absolute Gasteiger partial charge is 0.305 e. The van der Waals surface area contributed by atoms with Crippen molar-refractivity contribution in [3.05, 3.63) is 42.0 Å². The van der Waals surface area contributed by atoms with Crippen molar-refractivity contribution in [2.24, 2.45) is 0 Å². The van der Waals surface area contributed by atoms with Gasteiger partial charge in [0.1, 0.15) is 0 Å². The molecule has 1 N–H and O–H groups in total. The van der Waals surface area contributed by atoms with Crippen molar-refractivity contribution in [1.29, 1.82) is 0 Å². The molecular weight excluding hydrogens is 242 g/mol. The highest BCUT2D eigenvalue weighted by Crippen LogP contribution is 2.11. The van der Waals surface area contributed by atoms with Crippen molar-refractivity contribution in [3.63, 3.8) is 0 Å². The number of hydrogen-bond acceptors (Lipinski definition) is 3. The average Bonchev–Trinajstić information content (AvgIpc) is 2.41. The number of aliphatic carboxylic acids is 1. The van der Waals surface area contributed by atoms with Gasteiger partial charge in [-0.1, -0.05) is 42.5 Å². The van der Waals surface area contributed by atoms with E-state index >= 15 is 0 Å². The summed E-state index contributed by atoms with van der Waals surface area (Å²) in [7, 11) is 0. The Labute approximate surface area is 113 Å². The number of benzene rings is 1. The monoisotopic (exact) mass is 261 g/mol. The molecule has 1 aromatic carbocycles. The first kappa shape index (κ1) is 13.8. The fourth-order valence-corrected chi connectivity index (χ4v) is 2.21. The lowest BCUT2D eigenvalue weighted by Gasteiger charge is -2.33. The van der Waals surface area contributed by atoms with Crippen LogP contribution in [0.15, 0.2) is 36.4 Å². The second-order valence-electron chi connectivity index (χ2n) is 4.63. The Morgan fingerprint density at radius 1 is 1.42 bits per heavy atom. The van der Waals surface area contributed by atoms with Gasteiger partial charge in [-0.3, -0.25) is 9.69 Å². The molecule has 1 aromatic rings. The van der Waals surface area contributed by atoms with E-state index in [1.165, 1.54) is 0 Å². The highest BCUT2D eigenvalue weighted by molar-refractivity contribution is 5.67. The maximum Gasteiger partial charge on any atom is 0.305 e. The van der Waals surface area contributed by atoms with Crippen molar-refractivity contribution >= 4 is 12.0 Å². The SMILES string of the molecule is O=C(O)CC1COCCN1CC=Cc1ccccc1. The number of carboxylic acid groups (broad SMARTS) is 1. The lowest BCUT2D eigenvalue weighted by molar-refractivity contribution is -0.140. The minimum Gasteiger partial charge on any atom is -0.481 e. The van der Waals surface area contributed by atoms with Crippen LogP contribution in [0.1, 0.15) is 12.0 Å². The van der Waals surface area contributed by atoms with Gasteiger partial charge in [-0.2, -0.15) is 0 Å². The molecule has 1 heterocycles. The Bertz CT molecular complexity index is 430. The van der Waals surface area contributed by atoms with Crippen LogP contribution in [0.5, 0.6) is 0 Å². The number of carbonyl (C=O) groups is 1. The quantitative estimate of drug-likeness (QED) is 0.879. The molecule has 1 saturated heterocycles. The summed E-state index contributed by atoms with van der Waals surface area (Å²) in [6.07, 6.45) is 4.28. The first-order valence-corrected chi connectivity index (χ1v) is 6.51. The topological polar surface area (TPSA) is 49.8 Å². The van der Waals surface area contributed by atoms with E-state index in [4.69, 9.17) is 9.84 Å². The maximum atomic E-state index is 10.8. The minimum atomic E-state index is -0.771. The lowest BCUT2D eigenvalue weighted by Crippen LogP contribution is -2.46. The summed E-state index contributed by atoms with van der Waals surface area (Å²) >= 11 is 0. The number of rotatable bonds is 5. The summed E-state index contributed by atoms with van der Waals surface area (Å²) in [6.45, 7) is 2.73. The molecule has 0 amide bonds. The number of ether oxygens (including phenoxy) is 1. The predicted molar refractivity (Wildman–Crippen MR) is 73.9 cm³/mol. The van der Waals surface area contributed by atoms with Crippen LogP contribution in [-0.2, 0) is 9.53 Å². The molecular formula is C15H19NO3. The molecule has 0 aromatic heterocycles. The summed E-state index contributed by atoms with van der Waals surface area (Å²) < 4.78 is 5.35. The number of hydrogen-bond donors (Lipinski definition) is 1. The molecule has 0 radical (unpaired) electrons. The van der Waals surface area contributed by atoms with Crippen LogP contribution < -0.4 is 0 Å². The van der Waals surface area contributed by atoms with E-state index in [0.717, 1.165) is 18.7 Å². The Hall–Kier alpha value is -1.65. The molecule has 0 saturated carbocycles. The van der Waals surface area contributed by atoms with Crippen LogP contribution in [0.2, 0.25) is 0 Å². The molecule has 0 bridgehead atoms. The van der Waals surface area contributed by atoms with Crippen molar-refractivity contribution in [3.8, 4) is 0 Å². The molecule has 0 spiro atoms. The summed E-state index contributed by atoms with van der Waals surface area (Å²) in [6, 6.07) is 10.1. The molecule has 19 heavy (non-hydrogen) atoms. The molecule has 4 nitrogen and oxygen atoms in total.